The van der Waals surface area contributed by atoms with Crippen molar-refractivity contribution >= 4 is 11.5 Å². The second-order valence-corrected chi connectivity index (χ2v) is 8.22. The number of hydrogen-bond donors (Lipinski definition) is 4. The van der Waals surface area contributed by atoms with Crippen molar-refractivity contribution < 1.29 is 29.6 Å². The first-order chi connectivity index (χ1) is 13.0. The Labute approximate surface area is 164 Å². The number of carboxylic acid groups (broad SMARTS) is 1. The second kappa shape index (κ2) is 8.99. The second-order valence-electron chi connectivity index (χ2n) is 8.22. The standard InChI is InChI=1S/C22H29FO5/c1-13-8-14(4-7-20(13)23)18-10-17(26)12-22(2,3)19(18)6-5-15(24)9-16(25)11-21(27)28/h4-8,15-17,24-26H,9-12H2,1-3H3,(H,27,28)/b6-5+/t15-,16-,17+/m1/s1. The third kappa shape index (κ3) is 5.74. The van der Waals surface area contributed by atoms with Gasteiger partial charge in [0.05, 0.1) is 24.7 Å². The SMILES string of the molecule is Cc1cc(C2=C(/C=C/[C@@H](O)C[C@@H](O)CC(=O)O)C(C)(C)C[C@@H](O)C2)ccc1F. The molecule has 0 bridgehead atoms. The number of aliphatic hydroxyl groups is 3. The van der Waals surface area contributed by atoms with E-state index in [9.17, 15) is 24.5 Å². The highest BCUT2D eigenvalue weighted by Crippen LogP contribution is 2.45. The van der Waals surface area contributed by atoms with Crippen molar-refractivity contribution in [3.8, 4) is 0 Å². The highest BCUT2D eigenvalue weighted by molar-refractivity contribution is 5.74. The predicted molar refractivity (Wildman–Crippen MR) is 105 cm³/mol. The van der Waals surface area contributed by atoms with Gasteiger partial charge >= 0.3 is 5.97 Å². The molecule has 0 saturated heterocycles. The van der Waals surface area contributed by atoms with E-state index in [1.165, 1.54) is 12.1 Å². The normalized spacial score (nSPS) is 21.8. The molecule has 154 valence electrons. The van der Waals surface area contributed by atoms with E-state index in [0.717, 1.165) is 16.7 Å². The minimum atomic E-state index is -1.13. The first-order valence-corrected chi connectivity index (χ1v) is 9.44. The van der Waals surface area contributed by atoms with Gasteiger partial charge in [0, 0.05) is 6.42 Å². The smallest absolute Gasteiger partial charge is 0.305 e. The highest BCUT2D eigenvalue weighted by atomic mass is 19.1. The van der Waals surface area contributed by atoms with E-state index in [-0.39, 0.29) is 17.7 Å². The lowest BCUT2D eigenvalue weighted by Gasteiger charge is -2.37. The van der Waals surface area contributed by atoms with E-state index in [1.807, 2.05) is 13.8 Å². The fourth-order valence-electron chi connectivity index (χ4n) is 3.81. The molecule has 1 aliphatic carbocycles. The van der Waals surface area contributed by atoms with E-state index >= 15 is 0 Å². The number of aryl methyl sites for hydroxylation is 1. The molecule has 0 spiro atoms. The number of rotatable bonds is 7. The van der Waals surface area contributed by atoms with Gasteiger partial charge in [0.2, 0.25) is 0 Å². The summed E-state index contributed by atoms with van der Waals surface area (Å²) in [6, 6.07) is 4.84. The van der Waals surface area contributed by atoms with Crippen LogP contribution in [0.3, 0.4) is 0 Å². The zero-order valence-corrected chi connectivity index (χ0v) is 16.5. The minimum absolute atomic E-state index is 0.0792. The zero-order valence-electron chi connectivity index (χ0n) is 16.5. The Morgan fingerprint density at radius 2 is 2.04 bits per heavy atom. The summed E-state index contributed by atoms with van der Waals surface area (Å²) in [7, 11) is 0. The summed E-state index contributed by atoms with van der Waals surface area (Å²) in [6.45, 7) is 5.68. The topological polar surface area (TPSA) is 98.0 Å². The highest BCUT2D eigenvalue weighted by Gasteiger charge is 2.33. The minimum Gasteiger partial charge on any atom is -0.481 e. The maximum absolute atomic E-state index is 13.7. The van der Waals surface area contributed by atoms with Gasteiger partial charge in [0.25, 0.3) is 0 Å². The molecule has 1 aromatic rings. The fourth-order valence-corrected chi connectivity index (χ4v) is 3.81. The zero-order chi connectivity index (χ0) is 21.1. The lowest BCUT2D eigenvalue weighted by Crippen LogP contribution is -2.28. The molecular weight excluding hydrogens is 363 g/mol. The van der Waals surface area contributed by atoms with Crippen molar-refractivity contribution in [3.05, 3.63) is 52.9 Å². The van der Waals surface area contributed by atoms with Crippen LogP contribution in [0.2, 0.25) is 0 Å². The number of halogens is 1. The maximum Gasteiger partial charge on any atom is 0.305 e. The Kier molecular flexibility index (Phi) is 7.15. The van der Waals surface area contributed by atoms with E-state index in [4.69, 9.17) is 5.11 Å². The molecule has 0 saturated carbocycles. The van der Waals surface area contributed by atoms with Gasteiger partial charge < -0.3 is 20.4 Å². The van der Waals surface area contributed by atoms with Gasteiger partial charge in [0.1, 0.15) is 5.82 Å². The molecule has 0 unspecified atom stereocenters. The number of allylic oxidation sites excluding steroid dienone is 2. The van der Waals surface area contributed by atoms with Crippen molar-refractivity contribution in [2.75, 3.05) is 0 Å². The third-order valence-electron chi connectivity index (χ3n) is 5.16. The Balaban J connectivity index is 2.35. The van der Waals surface area contributed by atoms with E-state index in [0.29, 0.717) is 18.4 Å². The van der Waals surface area contributed by atoms with E-state index < -0.39 is 30.7 Å². The first-order valence-electron chi connectivity index (χ1n) is 9.44. The molecule has 2 rings (SSSR count). The van der Waals surface area contributed by atoms with Crippen LogP contribution in [0.25, 0.3) is 5.57 Å². The number of aliphatic carboxylic acids is 1. The predicted octanol–water partition coefficient (Wildman–Crippen LogP) is 3.21. The van der Waals surface area contributed by atoms with Crippen LogP contribution in [0.1, 0.15) is 50.7 Å². The van der Waals surface area contributed by atoms with Crippen LogP contribution < -0.4 is 0 Å². The van der Waals surface area contributed by atoms with Crippen LogP contribution in [0.5, 0.6) is 0 Å². The number of hydrogen-bond acceptors (Lipinski definition) is 4. The quantitative estimate of drug-likeness (QED) is 0.571. The summed E-state index contributed by atoms with van der Waals surface area (Å²) in [5, 5.41) is 38.9. The molecular formula is C22H29FO5. The lowest BCUT2D eigenvalue weighted by molar-refractivity contribution is -0.139. The van der Waals surface area contributed by atoms with Crippen LogP contribution in [0.15, 0.2) is 35.9 Å². The van der Waals surface area contributed by atoms with E-state index in [1.54, 1.807) is 25.1 Å². The van der Waals surface area contributed by atoms with Crippen molar-refractivity contribution in [1.82, 2.24) is 0 Å². The average molecular weight is 392 g/mol. The summed E-state index contributed by atoms with van der Waals surface area (Å²) < 4.78 is 13.7. The van der Waals surface area contributed by atoms with E-state index in [2.05, 4.69) is 0 Å². The molecule has 3 atom stereocenters. The molecule has 1 aromatic carbocycles. The summed E-state index contributed by atoms with van der Waals surface area (Å²) >= 11 is 0. The van der Waals surface area contributed by atoms with Gasteiger partial charge in [-0.15, -0.1) is 0 Å². The summed E-state index contributed by atoms with van der Waals surface area (Å²) in [4.78, 5) is 10.6. The van der Waals surface area contributed by atoms with Crippen molar-refractivity contribution in [3.63, 3.8) is 0 Å². The monoisotopic (exact) mass is 392 g/mol. The van der Waals surface area contributed by atoms with Crippen LogP contribution in [0.4, 0.5) is 4.39 Å². The van der Waals surface area contributed by atoms with Crippen LogP contribution in [0, 0.1) is 18.2 Å². The Morgan fingerprint density at radius 1 is 1.36 bits per heavy atom. The molecule has 28 heavy (non-hydrogen) atoms. The fraction of sp³-hybridized carbons (Fsp3) is 0.500. The van der Waals surface area contributed by atoms with Gasteiger partial charge in [-0.1, -0.05) is 32.1 Å². The lowest BCUT2D eigenvalue weighted by atomic mass is 9.69. The summed E-state index contributed by atoms with van der Waals surface area (Å²) in [6.07, 6.45) is 1.13. The molecule has 0 radical (unpaired) electrons. The van der Waals surface area contributed by atoms with Crippen LogP contribution >= 0.6 is 0 Å². The Morgan fingerprint density at radius 3 is 2.64 bits per heavy atom. The molecule has 0 aliphatic heterocycles. The van der Waals surface area contributed by atoms with Crippen LogP contribution in [-0.4, -0.2) is 44.7 Å². The number of carboxylic acids is 1. The van der Waals surface area contributed by atoms with Crippen molar-refractivity contribution in [2.45, 2.75) is 64.8 Å². The van der Waals surface area contributed by atoms with Crippen molar-refractivity contribution in [2.24, 2.45) is 5.41 Å². The number of benzene rings is 1. The molecule has 0 aromatic heterocycles. The Bertz CT molecular complexity index is 781. The largest absolute Gasteiger partial charge is 0.481 e. The molecule has 4 N–H and O–H groups in total. The summed E-state index contributed by atoms with van der Waals surface area (Å²) in [5.41, 5.74) is 2.79. The summed E-state index contributed by atoms with van der Waals surface area (Å²) in [5.74, 6) is -1.41. The molecule has 0 amide bonds. The first kappa shape index (κ1) is 22.3. The van der Waals surface area contributed by atoms with Crippen LogP contribution in [-0.2, 0) is 4.79 Å². The Hall–Kier alpha value is -2.02. The van der Waals surface area contributed by atoms with Crippen molar-refractivity contribution in [1.29, 1.82) is 0 Å². The molecule has 6 heteroatoms. The number of aliphatic hydroxyl groups excluding tert-OH is 3. The molecule has 0 fully saturated rings. The van der Waals surface area contributed by atoms with Gasteiger partial charge in [0.15, 0.2) is 0 Å². The van der Waals surface area contributed by atoms with Gasteiger partial charge in [-0.25, -0.2) is 4.39 Å². The van der Waals surface area contributed by atoms with Gasteiger partial charge in [-0.2, -0.15) is 0 Å². The molecule has 5 nitrogen and oxygen atoms in total. The third-order valence-corrected chi connectivity index (χ3v) is 5.16. The van der Waals surface area contributed by atoms with Gasteiger partial charge in [-0.3, -0.25) is 4.79 Å². The van der Waals surface area contributed by atoms with Gasteiger partial charge in [-0.05, 0) is 59.6 Å². The number of carbonyl (C=O) groups is 1. The molecule has 0 heterocycles. The average Bonchev–Trinajstić information content (AvgIpc) is 2.54. The maximum atomic E-state index is 13.7. The molecule has 1 aliphatic rings.